The van der Waals surface area contributed by atoms with E-state index in [0.29, 0.717) is 16.9 Å². The van der Waals surface area contributed by atoms with Gasteiger partial charge in [-0.05, 0) is 37.1 Å². The smallest absolute Gasteiger partial charge is 0.411 e. The van der Waals surface area contributed by atoms with Crippen molar-refractivity contribution in [1.82, 2.24) is 0 Å². The normalized spacial score (nSPS) is 12.5. The summed E-state index contributed by atoms with van der Waals surface area (Å²) in [6, 6.07) is 2.69. The molecule has 0 bridgehead atoms. The predicted molar refractivity (Wildman–Crippen MR) is 71.3 cm³/mol. The Labute approximate surface area is 125 Å². The van der Waals surface area contributed by atoms with Crippen LogP contribution in [0.2, 0.25) is 0 Å². The second-order valence-electron chi connectivity index (χ2n) is 4.27. The molecule has 0 fully saturated rings. The zero-order valence-electron chi connectivity index (χ0n) is 11.3. The summed E-state index contributed by atoms with van der Waals surface area (Å²) in [6.45, 7) is 1.55. The maximum atomic E-state index is 11.8. The molecule has 0 unspecified atom stereocenters. The zero-order valence-corrected chi connectivity index (χ0v) is 12.9. The van der Waals surface area contributed by atoms with Crippen LogP contribution in [0.15, 0.2) is 17.0 Å². The first kappa shape index (κ1) is 18.1. The Balaban J connectivity index is 2.64. The summed E-state index contributed by atoms with van der Waals surface area (Å²) in [5.41, 5.74) is 0.978. The van der Waals surface area contributed by atoms with Gasteiger partial charge in [-0.2, -0.15) is 13.2 Å². The lowest BCUT2D eigenvalue weighted by Gasteiger charge is -2.13. The van der Waals surface area contributed by atoms with Gasteiger partial charge in [0, 0.05) is 10.7 Å². The minimum Gasteiger partial charge on any atom is -0.491 e. The Bertz CT molecular complexity index is 599. The van der Waals surface area contributed by atoms with Crippen molar-refractivity contribution in [2.75, 3.05) is 19.8 Å². The molecule has 0 saturated heterocycles. The summed E-state index contributed by atoms with van der Waals surface area (Å²) in [6.07, 6.45) is -4.37. The standard InChI is InChI=1S/C12H14ClF3O4S/c1-8-9(2)11(21(13,17)18)4-3-10(8)20-6-5-19-7-12(14,15)16/h3-4H,5-7H2,1-2H3. The molecule has 0 amide bonds. The Kier molecular flexibility index (Phi) is 5.89. The van der Waals surface area contributed by atoms with Crippen LogP contribution in [0, 0.1) is 13.8 Å². The van der Waals surface area contributed by atoms with Gasteiger partial charge in [-0.15, -0.1) is 0 Å². The molecule has 0 aromatic heterocycles. The van der Waals surface area contributed by atoms with Crippen LogP contribution in [0.3, 0.4) is 0 Å². The second kappa shape index (κ2) is 6.85. The average molecular weight is 347 g/mol. The van der Waals surface area contributed by atoms with Crippen LogP contribution in [0.4, 0.5) is 13.2 Å². The molecular weight excluding hydrogens is 333 g/mol. The number of halogens is 4. The van der Waals surface area contributed by atoms with E-state index < -0.39 is 21.8 Å². The maximum Gasteiger partial charge on any atom is 0.411 e. The summed E-state index contributed by atoms with van der Waals surface area (Å²) >= 11 is 0. The number of rotatable bonds is 6. The number of ether oxygens (including phenoxy) is 2. The lowest BCUT2D eigenvalue weighted by Crippen LogP contribution is -2.19. The lowest BCUT2D eigenvalue weighted by molar-refractivity contribution is -0.175. The molecule has 4 nitrogen and oxygen atoms in total. The first-order valence-corrected chi connectivity index (χ1v) is 8.15. The van der Waals surface area contributed by atoms with E-state index in [9.17, 15) is 21.6 Å². The third kappa shape index (κ3) is 5.72. The minimum absolute atomic E-state index is 0.0256. The Morgan fingerprint density at radius 1 is 1.14 bits per heavy atom. The van der Waals surface area contributed by atoms with Gasteiger partial charge in [0.15, 0.2) is 0 Å². The third-order valence-electron chi connectivity index (χ3n) is 2.70. The molecule has 120 valence electrons. The molecule has 1 rings (SSSR count). The van der Waals surface area contributed by atoms with Crippen LogP contribution in [0.5, 0.6) is 5.75 Å². The molecule has 0 aliphatic rings. The molecule has 1 aromatic carbocycles. The van der Waals surface area contributed by atoms with Gasteiger partial charge in [0.05, 0.1) is 11.5 Å². The van der Waals surface area contributed by atoms with E-state index in [1.165, 1.54) is 12.1 Å². The van der Waals surface area contributed by atoms with Gasteiger partial charge in [-0.25, -0.2) is 8.42 Å². The van der Waals surface area contributed by atoms with Crippen molar-refractivity contribution in [1.29, 1.82) is 0 Å². The third-order valence-corrected chi connectivity index (χ3v) is 4.17. The molecule has 1 aromatic rings. The second-order valence-corrected chi connectivity index (χ2v) is 6.80. The molecule has 0 radical (unpaired) electrons. The van der Waals surface area contributed by atoms with Crippen molar-refractivity contribution in [2.45, 2.75) is 24.9 Å². The Hall–Kier alpha value is -0.990. The fourth-order valence-corrected chi connectivity index (χ4v) is 2.84. The van der Waals surface area contributed by atoms with Crippen LogP contribution >= 0.6 is 10.7 Å². The quantitative estimate of drug-likeness (QED) is 0.586. The van der Waals surface area contributed by atoms with E-state index >= 15 is 0 Å². The Morgan fingerprint density at radius 3 is 2.29 bits per heavy atom. The average Bonchev–Trinajstić information content (AvgIpc) is 2.31. The van der Waals surface area contributed by atoms with E-state index in [0.717, 1.165) is 0 Å². The monoisotopic (exact) mass is 346 g/mol. The van der Waals surface area contributed by atoms with Crippen LogP contribution in [0.1, 0.15) is 11.1 Å². The van der Waals surface area contributed by atoms with Gasteiger partial charge in [0.2, 0.25) is 0 Å². The van der Waals surface area contributed by atoms with Gasteiger partial charge < -0.3 is 9.47 Å². The topological polar surface area (TPSA) is 52.6 Å². The zero-order chi connectivity index (χ0) is 16.3. The summed E-state index contributed by atoms with van der Waals surface area (Å²) in [5, 5.41) is 0. The maximum absolute atomic E-state index is 11.8. The van der Waals surface area contributed by atoms with E-state index in [1.54, 1.807) is 13.8 Å². The summed E-state index contributed by atoms with van der Waals surface area (Å²) in [5.74, 6) is 0.368. The highest BCUT2D eigenvalue weighted by molar-refractivity contribution is 8.13. The van der Waals surface area contributed by atoms with Gasteiger partial charge in [-0.3, -0.25) is 0 Å². The molecule has 0 aliphatic carbocycles. The fourth-order valence-electron chi connectivity index (χ4n) is 1.59. The molecule has 9 heteroatoms. The van der Waals surface area contributed by atoms with Gasteiger partial charge in [0.1, 0.15) is 19.0 Å². The van der Waals surface area contributed by atoms with Crippen molar-refractivity contribution in [3.05, 3.63) is 23.3 Å². The molecule has 21 heavy (non-hydrogen) atoms. The van der Waals surface area contributed by atoms with Crippen molar-refractivity contribution in [3.63, 3.8) is 0 Å². The van der Waals surface area contributed by atoms with Crippen LogP contribution in [-0.2, 0) is 13.8 Å². The molecule has 0 spiro atoms. The predicted octanol–water partition coefficient (Wildman–Crippen LogP) is 3.19. The fraction of sp³-hybridized carbons (Fsp3) is 0.500. The lowest BCUT2D eigenvalue weighted by atomic mass is 10.1. The highest BCUT2D eigenvalue weighted by Gasteiger charge is 2.27. The summed E-state index contributed by atoms with van der Waals surface area (Å²) in [4.78, 5) is -0.0256. The number of alkyl halides is 3. The van der Waals surface area contributed by atoms with Crippen molar-refractivity contribution in [3.8, 4) is 5.75 Å². The molecule has 0 aliphatic heterocycles. The molecule has 0 N–H and O–H groups in total. The van der Waals surface area contributed by atoms with E-state index in [-0.39, 0.29) is 18.1 Å². The van der Waals surface area contributed by atoms with Gasteiger partial charge in [0.25, 0.3) is 9.05 Å². The molecular formula is C12H14ClF3O4S. The molecule has 0 saturated carbocycles. The highest BCUT2D eigenvalue weighted by Crippen LogP contribution is 2.28. The first-order valence-electron chi connectivity index (χ1n) is 5.84. The van der Waals surface area contributed by atoms with Gasteiger partial charge in [-0.1, -0.05) is 0 Å². The first-order chi connectivity index (χ1) is 9.52. The van der Waals surface area contributed by atoms with Crippen LogP contribution in [0.25, 0.3) is 0 Å². The van der Waals surface area contributed by atoms with Crippen LogP contribution < -0.4 is 4.74 Å². The highest BCUT2D eigenvalue weighted by atomic mass is 35.7. The number of hydrogen-bond acceptors (Lipinski definition) is 4. The van der Waals surface area contributed by atoms with E-state index in [2.05, 4.69) is 4.74 Å². The van der Waals surface area contributed by atoms with Gasteiger partial charge >= 0.3 is 6.18 Å². The largest absolute Gasteiger partial charge is 0.491 e. The molecule has 0 atom stereocenters. The van der Waals surface area contributed by atoms with Crippen molar-refractivity contribution >= 4 is 19.7 Å². The van der Waals surface area contributed by atoms with E-state index in [1.807, 2.05) is 0 Å². The SMILES string of the molecule is Cc1c(OCCOCC(F)(F)F)ccc(S(=O)(=O)Cl)c1C. The minimum atomic E-state index is -4.37. The number of benzene rings is 1. The summed E-state index contributed by atoms with van der Waals surface area (Å²) in [7, 11) is 1.43. The van der Waals surface area contributed by atoms with Crippen molar-refractivity contribution < 1.29 is 31.1 Å². The summed E-state index contributed by atoms with van der Waals surface area (Å²) < 4.78 is 67.8. The number of hydrogen-bond donors (Lipinski definition) is 0. The van der Waals surface area contributed by atoms with Crippen LogP contribution in [-0.4, -0.2) is 34.4 Å². The molecule has 0 heterocycles. The van der Waals surface area contributed by atoms with Crippen molar-refractivity contribution in [2.24, 2.45) is 0 Å². The van der Waals surface area contributed by atoms with E-state index in [4.69, 9.17) is 15.4 Å². The Morgan fingerprint density at radius 2 is 1.76 bits per heavy atom.